The van der Waals surface area contributed by atoms with Gasteiger partial charge in [-0.15, -0.1) is 0 Å². The van der Waals surface area contributed by atoms with Gasteiger partial charge in [0, 0.05) is 23.3 Å². The lowest BCUT2D eigenvalue weighted by Crippen LogP contribution is -2.92. The number of likely N-dealkylation sites (N-methyl/N-ethyl adjacent to an activating group) is 1. The van der Waals surface area contributed by atoms with Crippen molar-refractivity contribution in [1.29, 1.82) is 0 Å². The molecule has 0 radical (unpaired) electrons. The Balaban J connectivity index is 2.05. The molecule has 2 atom stereocenters. The SMILES string of the molecule is C[C@H]([NH2+][C@H](C)c1ccc(Cl)cc1Cl)C(=O)N(C)c1ccccc1. The van der Waals surface area contributed by atoms with Crippen molar-refractivity contribution in [2.75, 3.05) is 11.9 Å². The van der Waals surface area contributed by atoms with Gasteiger partial charge in [0.1, 0.15) is 6.04 Å². The molecule has 2 aromatic rings. The van der Waals surface area contributed by atoms with Crippen LogP contribution >= 0.6 is 23.2 Å². The minimum Gasteiger partial charge on any atom is -0.330 e. The number of quaternary nitrogens is 1. The van der Waals surface area contributed by atoms with E-state index in [4.69, 9.17) is 23.2 Å². The van der Waals surface area contributed by atoms with Crippen LogP contribution in [0.1, 0.15) is 25.5 Å². The van der Waals surface area contributed by atoms with Gasteiger partial charge in [0.25, 0.3) is 5.91 Å². The Morgan fingerprint density at radius 3 is 2.35 bits per heavy atom. The molecule has 0 fully saturated rings. The Bertz CT molecular complexity index is 676. The first kappa shape index (κ1) is 17.8. The third kappa shape index (κ3) is 4.47. The Morgan fingerprint density at radius 1 is 1.09 bits per heavy atom. The highest BCUT2D eigenvalue weighted by Gasteiger charge is 2.25. The minimum absolute atomic E-state index is 0.0492. The molecule has 23 heavy (non-hydrogen) atoms. The standard InChI is InChI=1S/C18H20Cl2N2O/c1-12(16-10-9-14(19)11-17(16)20)21-13(2)18(23)22(3)15-7-5-4-6-8-15/h4-13,21H,1-3H3/p+1/t12-,13+/m1/s1. The first-order chi connectivity index (χ1) is 10.9. The number of carbonyl (C=O) groups excluding carboxylic acids is 1. The van der Waals surface area contributed by atoms with Crippen LogP contribution in [0.2, 0.25) is 10.0 Å². The summed E-state index contributed by atoms with van der Waals surface area (Å²) in [6.45, 7) is 3.93. The predicted octanol–water partition coefficient (Wildman–Crippen LogP) is 3.67. The molecule has 3 nitrogen and oxygen atoms in total. The number of benzene rings is 2. The zero-order valence-electron chi connectivity index (χ0n) is 13.5. The molecule has 5 heteroatoms. The summed E-state index contributed by atoms with van der Waals surface area (Å²) in [6, 6.07) is 14.9. The predicted molar refractivity (Wildman–Crippen MR) is 96.1 cm³/mol. The van der Waals surface area contributed by atoms with Gasteiger partial charge >= 0.3 is 0 Å². The molecule has 0 aliphatic heterocycles. The van der Waals surface area contributed by atoms with Gasteiger partial charge in [-0.3, -0.25) is 4.79 Å². The van der Waals surface area contributed by atoms with Gasteiger partial charge in [-0.1, -0.05) is 47.5 Å². The summed E-state index contributed by atoms with van der Waals surface area (Å²) in [5.74, 6) is 0.0492. The molecule has 0 saturated heterocycles. The molecule has 2 rings (SSSR count). The van der Waals surface area contributed by atoms with Crippen LogP contribution < -0.4 is 10.2 Å². The average Bonchev–Trinajstić information content (AvgIpc) is 2.54. The molecule has 0 saturated carbocycles. The van der Waals surface area contributed by atoms with Gasteiger partial charge in [-0.2, -0.15) is 0 Å². The largest absolute Gasteiger partial charge is 0.330 e. The van der Waals surface area contributed by atoms with Crippen LogP contribution in [0.5, 0.6) is 0 Å². The molecule has 0 aromatic heterocycles. The Kier molecular flexibility index (Phi) is 6.05. The normalized spacial score (nSPS) is 13.4. The molecule has 1 amide bonds. The number of hydrogen-bond acceptors (Lipinski definition) is 1. The maximum atomic E-state index is 12.6. The molecule has 0 spiro atoms. The maximum Gasteiger partial charge on any atom is 0.284 e. The van der Waals surface area contributed by atoms with Crippen LogP contribution in [-0.2, 0) is 4.79 Å². The molecule has 0 aliphatic rings. The molecule has 0 bridgehead atoms. The van der Waals surface area contributed by atoms with E-state index in [9.17, 15) is 4.79 Å². The summed E-state index contributed by atoms with van der Waals surface area (Å²) in [6.07, 6.45) is 0. The third-order valence-electron chi connectivity index (χ3n) is 3.89. The van der Waals surface area contributed by atoms with E-state index in [2.05, 4.69) is 0 Å². The van der Waals surface area contributed by atoms with Crippen LogP contribution in [0.15, 0.2) is 48.5 Å². The van der Waals surface area contributed by atoms with Gasteiger partial charge in [0.2, 0.25) is 0 Å². The van der Waals surface area contributed by atoms with E-state index in [0.29, 0.717) is 10.0 Å². The molecule has 122 valence electrons. The Labute approximate surface area is 147 Å². The summed E-state index contributed by atoms with van der Waals surface area (Å²) in [4.78, 5) is 14.3. The van der Waals surface area contributed by atoms with Crippen molar-refractivity contribution in [3.63, 3.8) is 0 Å². The number of nitrogens with two attached hydrogens (primary N) is 1. The molecule has 2 N–H and O–H groups in total. The van der Waals surface area contributed by atoms with Crippen molar-refractivity contribution >= 4 is 34.8 Å². The van der Waals surface area contributed by atoms with E-state index in [1.807, 2.05) is 61.6 Å². The molecular formula is C18H21Cl2N2O+. The van der Waals surface area contributed by atoms with Crippen LogP contribution in [0.3, 0.4) is 0 Å². The van der Waals surface area contributed by atoms with E-state index in [1.165, 1.54) is 0 Å². The number of halogens is 2. The van der Waals surface area contributed by atoms with E-state index < -0.39 is 0 Å². The smallest absolute Gasteiger partial charge is 0.284 e. The van der Waals surface area contributed by atoms with E-state index >= 15 is 0 Å². The van der Waals surface area contributed by atoms with E-state index in [0.717, 1.165) is 11.3 Å². The fraction of sp³-hybridized carbons (Fsp3) is 0.278. The van der Waals surface area contributed by atoms with Crippen molar-refractivity contribution in [2.45, 2.75) is 25.9 Å². The van der Waals surface area contributed by atoms with Crippen LogP contribution in [0.4, 0.5) is 5.69 Å². The summed E-state index contributed by atoms with van der Waals surface area (Å²) < 4.78 is 0. The van der Waals surface area contributed by atoms with E-state index in [-0.39, 0.29) is 18.0 Å². The second-order valence-corrected chi connectivity index (χ2v) is 6.51. The summed E-state index contributed by atoms with van der Waals surface area (Å²) in [5, 5.41) is 3.24. The third-order valence-corrected chi connectivity index (χ3v) is 4.46. The summed E-state index contributed by atoms with van der Waals surface area (Å²) >= 11 is 12.2. The number of anilines is 1. The average molecular weight is 352 g/mol. The Morgan fingerprint density at radius 2 is 1.74 bits per heavy atom. The van der Waals surface area contributed by atoms with Crippen molar-refractivity contribution < 1.29 is 10.1 Å². The van der Waals surface area contributed by atoms with Gasteiger partial charge in [-0.05, 0) is 38.1 Å². The van der Waals surface area contributed by atoms with Gasteiger partial charge in [0.05, 0.1) is 5.02 Å². The number of carbonyl (C=O) groups is 1. The van der Waals surface area contributed by atoms with E-state index in [1.54, 1.807) is 18.0 Å². The van der Waals surface area contributed by atoms with Gasteiger partial charge < -0.3 is 10.2 Å². The van der Waals surface area contributed by atoms with Crippen molar-refractivity contribution in [3.05, 3.63) is 64.1 Å². The Hall–Kier alpha value is -1.55. The molecule has 0 aliphatic carbocycles. The maximum absolute atomic E-state index is 12.6. The summed E-state index contributed by atoms with van der Waals surface area (Å²) in [5.41, 5.74) is 1.85. The van der Waals surface area contributed by atoms with Crippen LogP contribution in [0, 0.1) is 0 Å². The fourth-order valence-corrected chi connectivity index (χ4v) is 3.15. The summed E-state index contributed by atoms with van der Waals surface area (Å²) in [7, 11) is 1.79. The fourth-order valence-electron chi connectivity index (χ4n) is 2.57. The molecular weight excluding hydrogens is 331 g/mol. The zero-order chi connectivity index (χ0) is 17.0. The first-order valence-electron chi connectivity index (χ1n) is 7.52. The monoisotopic (exact) mass is 351 g/mol. The molecule has 0 heterocycles. The van der Waals surface area contributed by atoms with Gasteiger partial charge in [-0.25, -0.2) is 0 Å². The lowest BCUT2D eigenvalue weighted by atomic mass is 10.1. The number of nitrogens with zero attached hydrogens (tertiary/aromatic N) is 1. The van der Waals surface area contributed by atoms with Crippen molar-refractivity contribution in [3.8, 4) is 0 Å². The number of amides is 1. The highest BCUT2D eigenvalue weighted by molar-refractivity contribution is 6.35. The highest BCUT2D eigenvalue weighted by Crippen LogP contribution is 2.24. The number of rotatable bonds is 5. The first-order valence-corrected chi connectivity index (χ1v) is 8.28. The molecule has 0 unspecified atom stereocenters. The highest BCUT2D eigenvalue weighted by atomic mass is 35.5. The second kappa shape index (κ2) is 7.82. The van der Waals surface area contributed by atoms with Gasteiger partial charge in [0.15, 0.2) is 6.04 Å². The van der Waals surface area contributed by atoms with Crippen molar-refractivity contribution in [1.82, 2.24) is 0 Å². The van der Waals surface area contributed by atoms with Crippen LogP contribution in [0.25, 0.3) is 0 Å². The quantitative estimate of drug-likeness (QED) is 0.876. The molecule has 2 aromatic carbocycles. The zero-order valence-corrected chi connectivity index (χ0v) is 15.0. The minimum atomic E-state index is -0.220. The van der Waals surface area contributed by atoms with Crippen molar-refractivity contribution in [2.24, 2.45) is 0 Å². The topological polar surface area (TPSA) is 36.9 Å². The lowest BCUT2D eigenvalue weighted by Gasteiger charge is -2.23. The van der Waals surface area contributed by atoms with Crippen LogP contribution in [-0.4, -0.2) is 19.0 Å². The number of para-hydroxylation sites is 1. The second-order valence-electron chi connectivity index (χ2n) is 5.67. The number of hydrogen-bond donors (Lipinski definition) is 1. The lowest BCUT2D eigenvalue weighted by molar-refractivity contribution is -0.710.